The molecule has 78 valence electrons. The summed E-state index contributed by atoms with van der Waals surface area (Å²) in [6.07, 6.45) is 4.92. The van der Waals surface area contributed by atoms with E-state index in [4.69, 9.17) is 15.7 Å². The van der Waals surface area contributed by atoms with Gasteiger partial charge >= 0.3 is 0 Å². The van der Waals surface area contributed by atoms with E-state index in [1.54, 1.807) is 12.1 Å². The number of hydrogen-bond acceptors (Lipinski definition) is 3. The van der Waals surface area contributed by atoms with Crippen LogP contribution in [0.5, 0.6) is 5.75 Å². The van der Waals surface area contributed by atoms with E-state index in [1.165, 1.54) is 12.8 Å². The molecule has 1 aromatic rings. The third kappa shape index (κ3) is 2.04. The van der Waals surface area contributed by atoms with Crippen LogP contribution in [0.25, 0.3) is 0 Å². The summed E-state index contributed by atoms with van der Waals surface area (Å²) in [7, 11) is 0. The molecule has 0 aliphatic heterocycles. The maximum absolute atomic E-state index is 8.82. The molecule has 0 heterocycles. The highest BCUT2D eigenvalue weighted by Crippen LogP contribution is 2.29. The summed E-state index contributed by atoms with van der Waals surface area (Å²) >= 11 is 0. The van der Waals surface area contributed by atoms with Gasteiger partial charge in [0.15, 0.2) is 0 Å². The summed E-state index contributed by atoms with van der Waals surface area (Å²) in [4.78, 5) is 0. The first kappa shape index (κ1) is 9.85. The standard InChI is InChI=1S/C12H14N2O/c13-8-9-4-3-7-11(12(9)14)15-10-5-1-2-6-10/h3-4,7,10H,1-2,5-6,14H2. The Kier molecular flexibility index (Phi) is 2.77. The summed E-state index contributed by atoms with van der Waals surface area (Å²) in [6, 6.07) is 7.39. The fraction of sp³-hybridized carbons (Fsp3) is 0.417. The Balaban J connectivity index is 2.17. The van der Waals surface area contributed by atoms with Crippen molar-refractivity contribution in [2.24, 2.45) is 0 Å². The highest BCUT2D eigenvalue weighted by atomic mass is 16.5. The number of nitrogens with zero attached hydrogens (tertiary/aromatic N) is 1. The van der Waals surface area contributed by atoms with Crippen LogP contribution >= 0.6 is 0 Å². The molecule has 0 bridgehead atoms. The zero-order valence-corrected chi connectivity index (χ0v) is 8.57. The monoisotopic (exact) mass is 202 g/mol. The Morgan fingerprint density at radius 2 is 2.07 bits per heavy atom. The normalized spacial score (nSPS) is 16.2. The second-order valence-corrected chi connectivity index (χ2v) is 3.85. The Bertz CT molecular complexity index is 389. The van der Waals surface area contributed by atoms with Gasteiger partial charge in [0.25, 0.3) is 0 Å². The van der Waals surface area contributed by atoms with Crippen molar-refractivity contribution in [3.05, 3.63) is 23.8 Å². The average molecular weight is 202 g/mol. The first-order chi connectivity index (χ1) is 7.31. The van der Waals surface area contributed by atoms with E-state index in [-0.39, 0.29) is 6.10 Å². The Morgan fingerprint density at radius 3 is 2.73 bits per heavy atom. The maximum Gasteiger partial charge on any atom is 0.143 e. The summed E-state index contributed by atoms with van der Waals surface area (Å²) in [5.74, 6) is 0.654. The van der Waals surface area contributed by atoms with Gasteiger partial charge in [-0.2, -0.15) is 5.26 Å². The molecule has 0 aromatic heterocycles. The van der Waals surface area contributed by atoms with E-state index < -0.39 is 0 Å². The molecule has 2 rings (SSSR count). The van der Waals surface area contributed by atoms with E-state index in [0.717, 1.165) is 12.8 Å². The maximum atomic E-state index is 8.82. The van der Waals surface area contributed by atoms with Crippen LogP contribution in [0.1, 0.15) is 31.2 Å². The lowest BCUT2D eigenvalue weighted by molar-refractivity contribution is 0.211. The van der Waals surface area contributed by atoms with E-state index >= 15 is 0 Å². The number of ether oxygens (including phenoxy) is 1. The molecule has 0 radical (unpaired) electrons. The summed E-state index contributed by atoms with van der Waals surface area (Å²) in [5, 5.41) is 8.82. The number of anilines is 1. The molecule has 1 aromatic carbocycles. The van der Waals surface area contributed by atoms with Crippen molar-refractivity contribution in [2.75, 3.05) is 5.73 Å². The van der Waals surface area contributed by atoms with Crippen LogP contribution in [0.4, 0.5) is 5.69 Å². The van der Waals surface area contributed by atoms with Crippen LogP contribution in [0.3, 0.4) is 0 Å². The fourth-order valence-corrected chi connectivity index (χ4v) is 1.93. The average Bonchev–Trinajstić information content (AvgIpc) is 2.74. The molecule has 0 saturated heterocycles. The van der Waals surface area contributed by atoms with Crippen molar-refractivity contribution in [2.45, 2.75) is 31.8 Å². The summed E-state index contributed by atoms with van der Waals surface area (Å²) in [5.41, 5.74) is 6.78. The smallest absolute Gasteiger partial charge is 0.143 e. The highest BCUT2D eigenvalue weighted by Gasteiger charge is 2.18. The van der Waals surface area contributed by atoms with Crippen molar-refractivity contribution >= 4 is 5.69 Å². The number of nitrogens with two attached hydrogens (primary N) is 1. The molecular weight excluding hydrogens is 188 g/mol. The quantitative estimate of drug-likeness (QED) is 0.749. The molecule has 0 spiro atoms. The fourth-order valence-electron chi connectivity index (χ4n) is 1.93. The number of hydrogen-bond donors (Lipinski definition) is 1. The second kappa shape index (κ2) is 4.22. The zero-order chi connectivity index (χ0) is 10.7. The predicted octanol–water partition coefficient (Wildman–Crippen LogP) is 2.46. The minimum Gasteiger partial charge on any atom is -0.488 e. The highest BCUT2D eigenvalue weighted by molar-refractivity contribution is 5.63. The number of nitriles is 1. The Labute approximate surface area is 89.5 Å². The first-order valence-corrected chi connectivity index (χ1v) is 5.26. The second-order valence-electron chi connectivity index (χ2n) is 3.85. The summed E-state index contributed by atoms with van der Waals surface area (Å²) in [6.45, 7) is 0. The van der Waals surface area contributed by atoms with Crippen LogP contribution in [0.2, 0.25) is 0 Å². The third-order valence-corrected chi connectivity index (χ3v) is 2.78. The molecule has 1 saturated carbocycles. The van der Waals surface area contributed by atoms with Gasteiger partial charge in [0, 0.05) is 0 Å². The minimum atomic E-state index is 0.279. The van der Waals surface area contributed by atoms with Crippen molar-refractivity contribution in [1.82, 2.24) is 0 Å². The number of rotatable bonds is 2. The lowest BCUT2D eigenvalue weighted by atomic mass is 10.2. The van der Waals surface area contributed by atoms with Gasteiger partial charge in [-0.25, -0.2) is 0 Å². The largest absolute Gasteiger partial charge is 0.488 e. The molecule has 2 N–H and O–H groups in total. The van der Waals surface area contributed by atoms with Crippen LogP contribution in [0.15, 0.2) is 18.2 Å². The molecule has 1 aliphatic rings. The van der Waals surface area contributed by atoms with Crippen LogP contribution in [-0.4, -0.2) is 6.10 Å². The van der Waals surface area contributed by atoms with Gasteiger partial charge in [-0.3, -0.25) is 0 Å². The minimum absolute atomic E-state index is 0.279. The number of benzene rings is 1. The van der Waals surface area contributed by atoms with Crippen molar-refractivity contribution < 1.29 is 4.74 Å². The van der Waals surface area contributed by atoms with Gasteiger partial charge in [-0.15, -0.1) is 0 Å². The van der Waals surface area contributed by atoms with Crippen molar-refractivity contribution in [3.63, 3.8) is 0 Å². The third-order valence-electron chi connectivity index (χ3n) is 2.78. The van der Waals surface area contributed by atoms with E-state index in [2.05, 4.69) is 6.07 Å². The van der Waals surface area contributed by atoms with E-state index in [0.29, 0.717) is 17.0 Å². The molecule has 3 heteroatoms. The molecule has 0 atom stereocenters. The van der Waals surface area contributed by atoms with Gasteiger partial charge in [-0.1, -0.05) is 6.07 Å². The Morgan fingerprint density at radius 1 is 1.33 bits per heavy atom. The van der Waals surface area contributed by atoms with E-state index in [1.807, 2.05) is 6.07 Å². The molecule has 3 nitrogen and oxygen atoms in total. The molecule has 1 aliphatic carbocycles. The SMILES string of the molecule is N#Cc1cccc(OC2CCCC2)c1N. The molecule has 0 amide bonds. The number of para-hydroxylation sites is 1. The molecule has 15 heavy (non-hydrogen) atoms. The van der Waals surface area contributed by atoms with Gasteiger partial charge in [0.2, 0.25) is 0 Å². The van der Waals surface area contributed by atoms with Crippen molar-refractivity contribution in [1.29, 1.82) is 5.26 Å². The lowest BCUT2D eigenvalue weighted by Gasteiger charge is -2.15. The zero-order valence-electron chi connectivity index (χ0n) is 8.57. The van der Waals surface area contributed by atoms with Crippen LogP contribution in [-0.2, 0) is 0 Å². The van der Waals surface area contributed by atoms with Gasteiger partial charge in [0.1, 0.15) is 11.8 Å². The molecule has 1 fully saturated rings. The molecule has 0 unspecified atom stereocenters. The van der Waals surface area contributed by atoms with Crippen molar-refractivity contribution in [3.8, 4) is 11.8 Å². The van der Waals surface area contributed by atoms with Gasteiger partial charge in [0.05, 0.1) is 17.4 Å². The van der Waals surface area contributed by atoms with Crippen LogP contribution < -0.4 is 10.5 Å². The summed E-state index contributed by atoms with van der Waals surface area (Å²) < 4.78 is 5.77. The number of nitrogen functional groups attached to an aromatic ring is 1. The topological polar surface area (TPSA) is 59.0 Å². The van der Waals surface area contributed by atoms with Gasteiger partial charge < -0.3 is 10.5 Å². The molecular formula is C12H14N2O. The Hall–Kier alpha value is -1.69. The van der Waals surface area contributed by atoms with E-state index in [9.17, 15) is 0 Å². The lowest BCUT2D eigenvalue weighted by Crippen LogP contribution is -2.12. The van der Waals surface area contributed by atoms with Crippen LogP contribution in [0, 0.1) is 11.3 Å². The first-order valence-electron chi connectivity index (χ1n) is 5.26. The van der Waals surface area contributed by atoms with Gasteiger partial charge in [-0.05, 0) is 37.8 Å². The predicted molar refractivity (Wildman–Crippen MR) is 58.5 cm³/mol.